The molecule has 0 atom stereocenters. The van der Waals surface area contributed by atoms with Gasteiger partial charge in [0, 0.05) is 29.7 Å². The Morgan fingerprint density at radius 2 is 1.83 bits per heavy atom. The van der Waals surface area contributed by atoms with E-state index in [0.29, 0.717) is 0 Å². The predicted molar refractivity (Wildman–Crippen MR) is 68.9 cm³/mol. The Bertz CT molecular complexity index is 662. The van der Waals surface area contributed by atoms with E-state index in [1.807, 2.05) is 24.4 Å². The topological polar surface area (TPSA) is 61.8 Å². The molecule has 4 nitrogen and oxygen atoms in total. The molecule has 2 N–H and O–H groups in total. The van der Waals surface area contributed by atoms with Gasteiger partial charge in [-0.2, -0.15) is 5.10 Å². The highest BCUT2D eigenvalue weighted by molar-refractivity contribution is 5.80. The Kier molecular flexibility index (Phi) is 2.53. The quantitative estimate of drug-likeness (QED) is 0.720. The van der Waals surface area contributed by atoms with Crippen molar-refractivity contribution in [1.29, 1.82) is 0 Å². The van der Waals surface area contributed by atoms with E-state index in [4.69, 9.17) is 0 Å². The number of hydrogen-bond donors (Lipinski definition) is 2. The molecule has 0 saturated carbocycles. The third kappa shape index (κ3) is 1.84. The zero-order valence-electron chi connectivity index (χ0n) is 9.54. The molecule has 0 spiro atoms. The zero-order chi connectivity index (χ0) is 12.4. The van der Waals surface area contributed by atoms with Gasteiger partial charge >= 0.3 is 0 Å². The Labute approximate surface area is 104 Å². The molecule has 3 aromatic rings. The SMILES string of the molecule is Oc1cccc(-c2n[nH]cc2-c2ccncc2)c1. The first-order valence-corrected chi connectivity index (χ1v) is 5.58. The molecule has 3 rings (SSSR count). The number of aromatic hydroxyl groups is 1. The van der Waals surface area contributed by atoms with Crippen LogP contribution in [0, 0.1) is 0 Å². The summed E-state index contributed by atoms with van der Waals surface area (Å²) in [5, 5.41) is 16.6. The van der Waals surface area contributed by atoms with Crippen molar-refractivity contribution in [3.8, 4) is 28.1 Å². The van der Waals surface area contributed by atoms with E-state index in [1.165, 1.54) is 0 Å². The van der Waals surface area contributed by atoms with Crippen LogP contribution in [0.15, 0.2) is 55.0 Å². The van der Waals surface area contributed by atoms with Crippen LogP contribution < -0.4 is 0 Å². The number of aromatic nitrogens is 3. The molecule has 0 aliphatic rings. The lowest BCUT2D eigenvalue weighted by Gasteiger charge is -2.03. The number of nitrogens with zero attached hydrogens (tertiary/aromatic N) is 2. The molecule has 0 bridgehead atoms. The van der Waals surface area contributed by atoms with Gasteiger partial charge in [-0.1, -0.05) is 12.1 Å². The van der Waals surface area contributed by atoms with E-state index < -0.39 is 0 Å². The molecule has 2 aromatic heterocycles. The minimum Gasteiger partial charge on any atom is -0.508 e. The van der Waals surface area contributed by atoms with Crippen LogP contribution in [-0.2, 0) is 0 Å². The van der Waals surface area contributed by atoms with E-state index >= 15 is 0 Å². The average molecular weight is 237 g/mol. The maximum atomic E-state index is 9.53. The van der Waals surface area contributed by atoms with Gasteiger partial charge in [-0.05, 0) is 29.8 Å². The second-order valence-corrected chi connectivity index (χ2v) is 3.93. The van der Waals surface area contributed by atoms with E-state index in [-0.39, 0.29) is 5.75 Å². The van der Waals surface area contributed by atoms with Crippen molar-refractivity contribution in [2.45, 2.75) is 0 Å². The summed E-state index contributed by atoms with van der Waals surface area (Å²) in [6.07, 6.45) is 5.33. The Balaban J connectivity index is 2.13. The molecule has 0 aliphatic heterocycles. The Morgan fingerprint density at radius 1 is 1.00 bits per heavy atom. The highest BCUT2D eigenvalue weighted by atomic mass is 16.3. The largest absolute Gasteiger partial charge is 0.508 e. The van der Waals surface area contributed by atoms with Crippen molar-refractivity contribution in [3.63, 3.8) is 0 Å². The lowest BCUT2D eigenvalue weighted by Crippen LogP contribution is -1.83. The summed E-state index contributed by atoms with van der Waals surface area (Å²) >= 11 is 0. The summed E-state index contributed by atoms with van der Waals surface area (Å²) in [7, 11) is 0. The van der Waals surface area contributed by atoms with Gasteiger partial charge in [0.15, 0.2) is 0 Å². The van der Waals surface area contributed by atoms with Crippen molar-refractivity contribution in [3.05, 3.63) is 55.0 Å². The summed E-state index contributed by atoms with van der Waals surface area (Å²) in [5.74, 6) is 0.233. The zero-order valence-corrected chi connectivity index (χ0v) is 9.54. The van der Waals surface area contributed by atoms with Crippen molar-refractivity contribution in [2.24, 2.45) is 0 Å². The predicted octanol–water partition coefficient (Wildman–Crippen LogP) is 2.84. The number of aromatic amines is 1. The number of phenolic OH excluding ortho intramolecular Hbond substituents is 1. The van der Waals surface area contributed by atoms with Gasteiger partial charge in [-0.3, -0.25) is 10.1 Å². The third-order valence-electron chi connectivity index (χ3n) is 2.75. The van der Waals surface area contributed by atoms with Crippen LogP contribution in [0.5, 0.6) is 5.75 Å². The third-order valence-corrected chi connectivity index (χ3v) is 2.75. The maximum Gasteiger partial charge on any atom is 0.116 e. The molecule has 2 heterocycles. The van der Waals surface area contributed by atoms with Gasteiger partial charge in [-0.15, -0.1) is 0 Å². The van der Waals surface area contributed by atoms with E-state index in [9.17, 15) is 5.11 Å². The standard InChI is InChI=1S/C14H11N3O/c18-12-3-1-2-11(8-12)14-13(9-16-17-14)10-4-6-15-7-5-10/h1-9,18H,(H,16,17). The van der Waals surface area contributed by atoms with E-state index in [0.717, 1.165) is 22.4 Å². The van der Waals surface area contributed by atoms with Crippen molar-refractivity contribution < 1.29 is 5.11 Å². The summed E-state index contributed by atoms with van der Waals surface area (Å²) in [6.45, 7) is 0. The number of nitrogens with one attached hydrogen (secondary N) is 1. The summed E-state index contributed by atoms with van der Waals surface area (Å²) in [5.41, 5.74) is 3.72. The highest BCUT2D eigenvalue weighted by Gasteiger charge is 2.10. The molecular weight excluding hydrogens is 226 g/mol. The molecule has 0 aliphatic carbocycles. The molecule has 1 aromatic carbocycles. The van der Waals surface area contributed by atoms with E-state index in [2.05, 4.69) is 15.2 Å². The molecule has 0 radical (unpaired) electrons. The van der Waals surface area contributed by atoms with Crippen LogP contribution in [0.3, 0.4) is 0 Å². The maximum absolute atomic E-state index is 9.53. The van der Waals surface area contributed by atoms with Gasteiger partial charge in [-0.25, -0.2) is 0 Å². The van der Waals surface area contributed by atoms with Gasteiger partial charge in [0.25, 0.3) is 0 Å². The number of phenols is 1. The summed E-state index contributed by atoms with van der Waals surface area (Å²) in [4.78, 5) is 4.00. The fourth-order valence-corrected chi connectivity index (χ4v) is 1.91. The van der Waals surface area contributed by atoms with E-state index in [1.54, 1.807) is 30.6 Å². The number of benzene rings is 1. The van der Waals surface area contributed by atoms with Gasteiger partial charge < -0.3 is 5.11 Å². The lowest BCUT2D eigenvalue weighted by molar-refractivity contribution is 0.475. The Morgan fingerprint density at radius 3 is 2.61 bits per heavy atom. The van der Waals surface area contributed by atoms with Crippen LogP contribution in [0.1, 0.15) is 0 Å². The minimum atomic E-state index is 0.233. The lowest BCUT2D eigenvalue weighted by atomic mass is 10.0. The van der Waals surface area contributed by atoms with Crippen LogP contribution >= 0.6 is 0 Å². The smallest absolute Gasteiger partial charge is 0.116 e. The minimum absolute atomic E-state index is 0.233. The first kappa shape index (κ1) is 10.5. The molecule has 88 valence electrons. The van der Waals surface area contributed by atoms with Crippen LogP contribution in [0.25, 0.3) is 22.4 Å². The van der Waals surface area contributed by atoms with Crippen molar-refractivity contribution in [2.75, 3.05) is 0 Å². The van der Waals surface area contributed by atoms with Crippen LogP contribution in [-0.4, -0.2) is 20.3 Å². The highest BCUT2D eigenvalue weighted by Crippen LogP contribution is 2.30. The fourth-order valence-electron chi connectivity index (χ4n) is 1.91. The normalized spacial score (nSPS) is 10.4. The van der Waals surface area contributed by atoms with Crippen molar-refractivity contribution >= 4 is 0 Å². The molecule has 0 fully saturated rings. The van der Waals surface area contributed by atoms with Crippen molar-refractivity contribution in [1.82, 2.24) is 15.2 Å². The fraction of sp³-hybridized carbons (Fsp3) is 0. The molecule has 18 heavy (non-hydrogen) atoms. The summed E-state index contributed by atoms with van der Waals surface area (Å²) < 4.78 is 0. The van der Waals surface area contributed by atoms with Gasteiger partial charge in [0.1, 0.15) is 5.75 Å². The molecule has 0 amide bonds. The Hall–Kier alpha value is -2.62. The summed E-state index contributed by atoms with van der Waals surface area (Å²) in [6, 6.07) is 10.9. The first-order chi connectivity index (χ1) is 8.84. The van der Waals surface area contributed by atoms with Gasteiger partial charge in [0.2, 0.25) is 0 Å². The monoisotopic (exact) mass is 237 g/mol. The molecular formula is C14H11N3O. The van der Waals surface area contributed by atoms with Crippen LogP contribution in [0.2, 0.25) is 0 Å². The second kappa shape index (κ2) is 4.33. The molecule has 0 saturated heterocycles. The van der Waals surface area contributed by atoms with Gasteiger partial charge in [0.05, 0.1) is 5.69 Å². The first-order valence-electron chi connectivity index (χ1n) is 5.58. The number of H-pyrrole nitrogens is 1. The average Bonchev–Trinajstić information content (AvgIpc) is 2.89. The second-order valence-electron chi connectivity index (χ2n) is 3.93. The molecule has 4 heteroatoms. The molecule has 0 unspecified atom stereocenters. The van der Waals surface area contributed by atoms with Crippen LogP contribution in [0.4, 0.5) is 0 Å². The number of rotatable bonds is 2. The number of hydrogen-bond acceptors (Lipinski definition) is 3. The number of pyridine rings is 1.